The lowest BCUT2D eigenvalue weighted by Gasteiger charge is -2.07. The van der Waals surface area contributed by atoms with Crippen molar-refractivity contribution < 1.29 is 18.8 Å². The maximum absolute atomic E-state index is 11.7. The van der Waals surface area contributed by atoms with Gasteiger partial charge in [-0.3, -0.25) is 4.79 Å². The number of ether oxygens (including phenoxy) is 2. The molecular formula is C16H20N2O4. The van der Waals surface area contributed by atoms with Crippen LogP contribution < -0.4 is 14.8 Å². The van der Waals surface area contributed by atoms with E-state index in [1.54, 1.807) is 32.4 Å². The van der Waals surface area contributed by atoms with Crippen molar-refractivity contribution in [3.05, 3.63) is 30.0 Å². The number of rotatable bonds is 7. The van der Waals surface area contributed by atoms with E-state index >= 15 is 0 Å². The molecular weight excluding hydrogens is 284 g/mol. The lowest BCUT2D eigenvalue weighted by atomic mass is 10.1. The lowest BCUT2D eigenvalue weighted by Crippen LogP contribution is -2.25. The molecule has 0 atom stereocenters. The van der Waals surface area contributed by atoms with E-state index in [1.165, 1.54) is 0 Å². The second-order valence-corrected chi connectivity index (χ2v) is 4.78. The van der Waals surface area contributed by atoms with E-state index in [0.717, 1.165) is 12.0 Å². The number of aromatic nitrogens is 1. The molecule has 22 heavy (non-hydrogen) atoms. The van der Waals surface area contributed by atoms with Crippen LogP contribution in [0, 0.1) is 0 Å². The van der Waals surface area contributed by atoms with Crippen LogP contribution in [0.4, 0.5) is 0 Å². The van der Waals surface area contributed by atoms with Gasteiger partial charge >= 0.3 is 0 Å². The summed E-state index contributed by atoms with van der Waals surface area (Å²) in [6.45, 7) is 2.67. The monoisotopic (exact) mass is 304 g/mol. The van der Waals surface area contributed by atoms with E-state index in [4.69, 9.17) is 14.0 Å². The topological polar surface area (TPSA) is 73.6 Å². The summed E-state index contributed by atoms with van der Waals surface area (Å²) < 4.78 is 15.8. The number of hydrogen-bond acceptors (Lipinski definition) is 5. The van der Waals surface area contributed by atoms with E-state index in [9.17, 15) is 4.79 Å². The number of benzene rings is 1. The molecule has 0 aliphatic rings. The van der Waals surface area contributed by atoms with Gasteiger partial charge in [0.2, 0.25) is 5.91 Å². The standard InChI is InChI=1S/C16H20N2O4/c1-4-7-17-16(19)10-12-9-14(22-18-12)11-5-6-13(20-2)15(8-11)21-3/h5-6,8-9H,4,7,10H2,1-3H3,(H,17,19). The Morgan fingerprint density at radius 2 is 2.00 bits per heavy atom. The van der Waals surface area contributed by atoms with Gasteiger partial charge in [0.05, 0.1) is 26.3 Å². The molecule has 1 heterocycles. The van der Waals surface area contributed by atoms with E-state index in [1.807, 2.05) is 13.0 Å². The van der Waals surface area contributed by atoms with Gasteiger partial charge < -0.3 is 19.3 Å². The molecule has 1 aromatic carbocycles. The zero-order chi connectivity index (χ0) is 15.9. The van der Waals surface area contributed by atoms with Gasteiger partial charge in [-0.05, 0) is 24.6 Å². The first-order valence-corrected chi connectivity index (χ1v) is 7.12. The van der Waals surface area contributed by atoms with Crippen molar-refractivity contribution in [2.45, 2.75) is 19.8 Å². The number of nitrogens with one attached hydrogen (secondary N) is 1. The molecule has 0 fully saturated rings. The predicted molar refractivity (Wildman–Crippen MR) is 82.0 cm³/mol. The maximum atomic E-state index is 11.7. The molecule has 118 valence electrons. The highest BCUT2D eigenvalue weighted by Crippen LogP contribution is 2.32. The van der Waals surface area contributed by atoms with Gasteiger partial charge in [0.1, 0.15) is 0 Å². The maximum Gasteiger partial charge on any atom is 0.226 e. The highest BCUT2D eigenvalue weighted by molar-refractivity contribution is 5.78. The predicted octanol–water partition coefficient (Wildman–Crippen LogP) is 2.43. The van der Waals surface area contributed by atoms with E-state index in [-0.39, 0.29) is 12.3 Å². The van der Waals surface area contributed by atoms with E-state index in [0.29, 0.717) is 29.5 Å². The smallest absolute Gasteiger partial charge is 0.226 e. The Hall–Kier alpha value is -2.50. The van der Waals surface area contributed by atoms with Crippen molar-refractivity contribution in [3.63, 3.8) is 0 Å². The first-order valence-electron chi connectivity index (χ1n) is 7.12. The molecule has 2 rings (SSSR count). The molecule has 2 aromatic rings. The Balaban J connectivity index is 2.12. The number of hydrogen-bond donors (Lipinski definition) is 1. The van der Waals surface area contributed by atoms with Crippen LogP contribution in [0.5, 0.6) is 11.5 Å². The second-order valence-electron chi connectivity index (χ2n) is 4.78. The number of carbonyl (C=O) groups excluding carboxylic acids is 1. The van der Waals surface area contributed by atoms with Crippen molar-refractivity contribution in [1.82, 2.24) is 10.5 Å². The fourth-order valence-corrected chi connectivity index (χ4v) is 2.01. The average Bonchev–Trinajstić information content (AvgIpc) is 3.00. The highest BCUT2D eigenvalue weighted by Gasteiger charge is 2.12. The largest absolute Gasteiger partial charge is 0.493 e. The van der Waals surface area contributed by atoms with Crippen LogP contribution in [-0.2, 0) is 11.2 Å². The van der Waals surface area contributed by atoms with Gasteiger partial charge in [0, 0.05) is 18.2 Å². The summed E-state index contributed by atoms with van der Waals surface area (Å²) in [5, 5.41) is 6.74. The Labute approximate surface area is 129 Å². The Kier molecular flexibility index (Phi) is 5.41. The van der Waals surface area contributed by atoms with E-state index < -0.39 is 0 Å². The van der Waals surface area contributed by atoms with Crippen LogP contribution in [0.2, 0.25) is 0 Å². The zero-order valence-electron chi connectivity index (χ0n) is 13.0. The minimum atomic E-state index is -0.0611. The summed E-state index contributed by atoms with van der Waals surface area (Å²) in [7, 11) is 3.16. The summed E-state index contributed by atoms with van der Waals surface area (Å²) in [6.07, 6.45) is 1.11. The molecule has 0 aliphatic heterocycles. The molecule has 1 aromatic heterocycles. The molecule has 6 nitrogen and oxygen atoms in total. The van der Waals surface area contributed by atoms with Crippen molar-refractivity contribution >= 4 is 5.91 Å². The highest BCUT2D eigenvalue weighted by atomic mass is 16.5. The van der Waals surface area contributed by atoms with Gasteiger partial charge in [-0.25, -0.2) is 0 Å². The second kappa shape index (κ2) is 7.49. The third-order valence-corrected chi connectivity index (χ3v) is 3.14. The molecule has 6 heteroatoms. The third kappa shape index (κ3) is 3.78. The van der Waals surface area contributed by atoms with Crippen LogP contribution in [0.3, 0.4) is 0 Å². The third-order valence-electron chi connectivity index (χ3n) is 3.14. The number of carbonyl (C=O) groups is 1. The fraction of sp³-hybridized carbons (Fsp3) is 0.375. The SMILES string of the molecule is CCCNC(=O)Cc1cc(-c2ccc(OC)c(OC)c2)on1. The molecule has 1 N–H and O–H groups in total. The Morgan fingerprint density at radius 1 is 1.23 bits per heavy atom. The van der Waals surface area contributed by atoms with Gasteiger partial charge in [0.25, 0.3) is 0 Å². The fourth-order valence-electron chi connectivity index (χ4n) is 2.01. The summed E-state index contributed by atoms with van der Waals surface area (Å²) in [5.41, 5.74) is 1.41. The molecule has 0 radical (unpaired) electrons. The van der Waals surface area contributed by atoms with Gasteiger partial charge in [-0.15, -0.1) is 0 Å². The van der Waals surface area contributed by atoms with Crippen LogP contribution in [0.15, 0.2) is 28.8 Å². The molecule has 0 unspecified atom stereocenters. The Bertz CT molecular complexity index is 637. The molecule has 0 saturated carbocycles. The van der Waals surface area contributed by atoms with Crippen LogP contribution in [0.1, 0.15) is 19.0 Å². The number of methoxy groups -OCH3 is 2. The van der Waals surface area contributed by atoms with Crippen LogP contribution in [-0.4, -0.2) is 31.8 Å². The van der Waals surface area contributed by atoms with Crippen molar-refractivity contribution in [3.8, 4) is 22.8 Å². The lowest BCUT2D eigenvalue weighted by molar-refractivity contribution is -0.120. The van der Waals surface area contributed by atoms with Crippen LogP contribution >= 0.6 is 0 Å². The normalized spacial score (nSPS) is 10.3. The minimum Gasteiger partial charge on any atom is -0.493 e. The van der Waals surface area contributed by atoms with Gasteiger partial charge in [-0.2, -0.15) is 0 Å². The number of nitrogens with zero attached hydrogens (tertiary/aromatic N) is 1. The van der Waals surface area contributed by atoms with Crippen LogP contribution in [0.25, 0.3) is 11.3 Å². The molecule has 1 amide bonds. The first kappa shape index (κ1) is 15.9. The van der Waals surface area contributed by atoms with E-state index in [2.05, 4.69) is 10.5 Å². The van der Waals surface area contributed by atoms with Crippen molar-refractivity contribution in [2.24, 2.45) is 0 Å². The van der Waals surface area contributed by atoms with Crippen molar-refractivity contribution in [1.29, 1.82) is 0 Å². The summed E-state index contributed by atoms with van der Waals surface area (Å²) in [5.74, 6) is 1.77. The summed E-state index contributed by atoms with van der Waals surface area (Å²) in [6, 6.07) is 7.21. The van der Waals surface area contributed by atoms with Gasteiger partial charge in [-0.1, -0.05) is 12.1 Å². The molecule has 0 spiro atoms. The molecule has 0 saturated heterocycles. The quantitative estimate of drug-likeness (QED) is 0.850. The minimum absolute atomic E-state index is 0.0611. The first-order chi connectivity index (χ1) is 10.7. The molecule has 0 aliphatic carbocycles. The Morgan fingerprint density at radius 3 is 2.68 bits per heavy atom. The molecule has 0 bridgehead atoms. The summed E-state index contributed by atoms with van der Waals surface area (Å²) >= 11 is 0. The van der Waals surface area contributed by atoms with Crippen molar-refractivity contribution in [2.75, 3.05) is 20.8 Å². The zero-order valence-corrected chi connectivity index (χ0v) is 13.0. The number of amides is 1. The van der Waals surface area contributed by atoms with Gasteiger partial charge in [0.15, 0.2) is 17.3 Å². The average molecular weight is 304 g/mol. The summed E-state index contributed by atoms with van der Waals surface area (Å²) in [4.78, 5) is 11.7.